The van der Waals surface area contributed by atoms with E-state index in [9.17, 15) is 14.4 Å². The Hall–Kier alpha value is -1.63. The molecule has 7 nitrogen and oxygen atoms in total. The Morgan fingerprint density at radius 2 is 2.06 bits per heavy atom. The molecule has 0 rings (SSSR count). The summed E-state index contributed by atoms with van der Waals surface area (Å²) in [6.45, 7) is 2.04. The van der Waals surface area contributed by atoms with Crippen LogP contribution in [0.1, 0.15) is 26.2 Å². The number of carbonyl (C=O) groups is 3. The molecule has 0 spiro atoms. The molecule has 0 unspecified atom stereocenters. The van der Waals surface area contributed by atoms with Gasteiger partial charge in [0.15, 0.2) is 0 Å². The van der Waals surface area contributed by atoms with Crippen molar-refractivity contribution >= 4 is 17.8 Å². The average Bonchev–Trinajstić information content (AvgIpc) is 2.23. The molecular weight excluding hydrogens is 228 g/mol. The van der Waals surface area contributed by atoms with Crippen LogP contribution < -0.4 is 11.1 Å². The van der Waals surface area contributed by atoms with E-state index in [1.165, 1.54) is 0 Å². The molecule has 0 heterocycles. The predicted molar refractivity (Wildman–Crippen MR) is 59.1 cm³/mol. The van der Waals surface area contributed by atoms with E-state index in [0.717, 1.165) is 0 Å². The minimum absolute atomic E-state index is 0.0599. The fraction of sp³-hybridized carbons (Fsp3) is 0.700. The lowest BCUT2D eigenvalue weighted by Gasteiger charge is -2.10. The van der Waals surface area contributed by atoms with Crippen molar-refractivity contribution in [1.29, 1.82) is 0 Å². The maximum absolute atomic E-state index is 11.2. The van der Waals surface area contributed by atoms with Gasteiger partial charge in [0.25, 0.3) is 0 Å². The van der Waals surface area contributed by atoms with E-state index in [1.807, 2.05) is 6.92 Å². The lowest BCUT2D eigenvalue weighted by Crippen LogP contribution is -2.43. The highest BCUT2D eigenvalue weighted by Gasteiger charge is 2.16. The van der Waals surface area contributed by atoms with Crippen LogP contribution in [0.15, 0.2) is 0 Å². The fourth-order valence-corrected chi connectivity index (χ4v) is 1.03. The third kappa shape index (κ3) is 8.21. The summed E-state index contributed by atoms with van der Waals surface area (Å²) < 4.78 is 4.78. The largest absolute Gasteiger partial charge is 0.481 e. The number of nitrogens with two attached hydrogens (primary N) is 1. The van der Waals surface area contributed by atoms with Crippen molar-refractivity contribution in [2.75, 3.05) is 13.2 Å². The highest BCUT2D eigenvalue weighted by atomic mass is 16.5. The Kier molecular flexibility index (Phi) is 7.70. The van der Waals surface area contributed by atoms with Gasteiger partial charge < -0.3 is 20.9 Å². The molecule has 0 aliphatic rings. The molecule has 1 amide bonds. The van der Waals surface area contributed by atoms with Crippen LogP contribution in [0.3, 0.4) is 0 Å². The Balaban J connectivity index is 3.64. The summed E-state index contributed by atoms with van der Waals surface area (Å²) >= 11 is 0. The number of nitrogens with one attached hydrogen (secondary N) is 1. The lowest BCUT2D eigenvalue weighted by atomic mass is 10.2. The number of carbonyl (C=O) groups excluding carboxylic acids is 2. The van der Waals surface area contributed by atoms with Gasteiger partial charge >= 0.3 is 11.9 Å². The molecule has 0 saturated carbocycles. The number of aliphatic carboxylic acids is 1. The molecule has 0 aliphatic carbocycles. The Morgan fingerprint density at radius 3 is 2.59 bits per heavy atom. The molecule has 1 atom stereocenters. The number of amides is 1. The molecule has 0 aliphatic heterocycles. The zero-order valence-electron chi connectivity index (χ0n) is 9.77. The topological polar surface area (TPSA) is 119 Å². The van der Waals surface area contributed by atoms with Crippen molar-refractivity contribution in [1.82, 2.24) is 5.32 Å². The van der Waals surface area contributed by atoms with E-state index < -0.39 is 24.3 Å². The second kappa shape index (κ2) is 8.51. The summed E-state index contributed by atoms with van der Waals surface area (Å²) in [5, 5.41) is 10.8. The fourth-order valence-electron chi connectivity index (χ4n) is 1.03. The molecule has 17 heavy (non-hydrogen) atoms. The van der Waals surface area contributed by atoms with E-state index >= 15 is 0 Å². The number of carboxylic acids is 1. The third-order valence-electron chi connectivity index (χ3n) is 1.85. The van der Waals surface area contributed by atoms with E-state index in [-0.39, 0.29) is 19.1 Å². The first-order valence-corrected chi connectivity index (χ1v) is 5.38. The zero-order chi connectivity index (χ0) is 13.3. The van der Waals surface area contributed by atoms with Crippen LogP contribution in [0, 0.1) is 0 Å². The minimum atomic E-state index is -1.14. The molecule has 0 saturated heterocycles. The number of ether oxygens (including phenoxy) is 1. The summed E-state index contributed by atoms with van der Waals surface area (Å²) in [6, 6.07) is -1.08. The van der Waals surface area contributed by atoms with Gasteiger partial charge in [0.1, 0.15) is 6.61 Å². The average molecular weight is 246 g/mol. The maximum atomic E-state index is 11.2. The van der Waals surface area contributed by atoms with Gasteiger partial charge in [-0.3, -0.25) is 14.4 Å². The van der Waals surface area contributed by atoms with Crippen molar-refractivity contribution in [2.45, 2.75) is 32.2 Å². The molecule has 0 bridgehead atoms. The second-order valence-electron chi connectivity index (χ2n) is 3.47. The molecule has 0 aromatic carbocycles. The second-order valence-corrected chi connectivity index (χ2v) is 3.47. The zero-order valence-corrected chi connectivity index (χ0v) is 9.77. The van der Waals surface area contributed by atoms with Crippen LogP contribution in [0.4, 0.5) is 0 Å². The van der Waals surface area contributed by atoms with Gasteiger partial charge in [0.2, 0.25) is 5.91 Å². The number of hydrogen-bond acceptors (Lipinski definition) is 5. The van der Waals surface area contributed by atoms with Crippen molar-refractivity contribution in [3.63, 3.8) is 0 Å². The molecule has 0 fully saturated rings. The third-order valence-corrected chi connectivity index (χ3v) is 1.85. The van der Waals surface area contributed by atoms with Gasteiger partial charge in [-0.1, -0.05) is 6.92 Å². The first-order valence-electron chi connectivity index (χ1n) is 5.38. The summed E-state index contributed by atoms with van der Waals surface area (Å²) in [7, 11) is 0. The van der Waals surface area contributed by atoms with Crippen molar-refractivity contribution < 1.29 is 24.2 Å². The molecule has 0 radical (unpaired) electrons. The lowest BCUT2D eigenvalue weighted by molar-refractivity contribution is -0.144. The monoisotopic (exact) mass is 246 g/mol. The quantitative estimate of drug-likeness (QED) is 0.383. The highest BCUT2D eigenvalue weighted by Crippen LogP contribution is 1.91. The van der Waals surface area contributed by atoms with Crippen LogP contribution in [-0.4, -0.2) is 42.1 Å². The van der Waals surface area contributed by atoms with E-state index in [4.69, 9.17) is 15.6 Å². The normalized spacial score (nSPS) is 11.6. The highest BCUT2D eigenvalue weighted by molar-refractivity contribution is 5.85. The van der Waals surface area contributed by atoms with Crippen LogP contribution in [0.5, 0.6) is 0 Å². The molecule has 4 N–H and O–H groups in total. The van der Waals surface area contributed by atoms with Crippen LogP contribution in [0.2, 0.25) is 0 Å². The minimum Gasteiger partial charge on any atom is -0.481 e. The number of esters is 1. The molecule has 7 heteroatoms. The summed E-state index contributed by atoms with van der Waals surface area (Å²) in [5.41, 5.74) is 5.31. The first kappa shape index (κ1) is 15.4. The van der Waals surface area contributed by atoms with Crippen LogP contribution in [-0.2, 0) is 19.1 Å². The SMILES string of the molecule is CCCC(=O)OCCNC(=O)[C@H](N)CC(=O)O. The van der Waals surface area contributed by atoms with Gasteiger partial charge in [-0.05, 0) is 6.42 Å². The van der Waals surface area contributed by atoms with Gasteiger partial charge in [-0.25, -0.2) is 0 Å². The van der Waals surface area contributed by atoms with Crippen LogP contribution >= 0.6 is 0 Å². The smallest absolute Gasteiger partial charge is 0.305 e. The van der Waals surface area contributed by atoms with Crippen molar-refractivity contribution in [3.8, 4) is 0 Å². The Bertz CT molecular complexity index is 280. The number of carboxylic acid groups (broad SMARTS) is 1. The van der Waals surface area contributed by atoms with Gasteiger partial charge in [0, 0.05) is 6.42 Å². The molecule has 98 valence electrons. The van der Waals surface area contributed by atoms with Gasteiger partial charge in [-0.15, -0.1) is 0 Å². The molecular formula is C10H18N2O5. The summed E-state index contributed by atoms with van der Waals surface area (Å²) in [5.74, 6) is -2.03. The van der Waals surface area contributed by atoms with Crippen molar-refractivity contribution in [2.24, 2.45) is 5.73 Å². The molecule has 0 aromatic rings. The summed E-state index contributed by atoms with van der Waals surface area (Å²) in [6.07, 6.45) is 0.614. The van der Waals surface area contributed by atoms with E-state index in [0.29, 0.717) is 12.8 Å². The number of rotatable bonds is 8. The maximum Gasteiger partial charge on any atom is 0.305 e. The van der Waals surface area contributed by atoms with Gasteiger partial charge in [0.05, 0.1) is 19.0 Å². The molecule has 0 aromatic heterocycles. The number of hydrogen-bond donors (Lipinski definition) is 3. The Morgan fingerprint density at radius 1 is 1.41 bits per heavy atom. The Labute approximate surface area is 99.3 Å². The van der Waals surface area contributed by atoms with E-state index in [1.54, 1.807) is 0 Å². The van der Waals surface area contributed by atoms with Crippen LogP contribution in [0.25, 0.3) is 0 Å². The summed E-state index contributed by atoms with van der Waals surface area (Å²) in [4.78, 5) is 32.4. The first-order chi connectivity index (χ1) is 7.97. The van der Waals surface area contributed by atoms with Crippen molar-refractivity contribution in [3.05, 3.63) is 0 Å². The van der Waals surface area contributed by atoms with E-state index in [2.05, 4.69) is 5.32 Å². The standard InChI is InChI=1S/C10H18N2O5/c1-2-3-9(15)17-5-4-12-10(16)7(11)6-8(13)14/h7H,2-6,11H2,1H3,(H,12,16)(H,13,14)/t7-/m1/s1. The van der Waals surface area contributed by atoms with Gasteiger partial charge in [-0.2, -0.15) is 0 Å². The predicted octanol–water partition coefficient (Wildman–Crippen LogP) is -0.752.